The highest BCUT2D eigenvalue weighted by atomic mass is 19.1. The van der Waals surface area contributed by atoms with E-state index in [1.165, 1.54) is 12.1 Å². The van der Waals surface area contributed by atoms with Gasteiger partial charge in [0.1, 0.15) is 17.3 Å². The fourth-order valence-electron chi connectivity index (χ4n) is 2.80. The van der Waals surface area contributed by atoms with E-state index in [-0.39, 0.29) is 24.4 Å². The van der Waals surface area contributed by atoms with Crippen LogP contribution in [0.3, 0.4) is 0 Å². The number of hydrogen-bond donors (Lipinski definition) is 2. The number of nitrogens with zero attached hydrogens (tertiary/aromatic N) is 1. The summed E-state index contributed by atoms with van der Waals surface area (Å²) in [7, 11) is 0. The molecule has 1 aliphatic heterocycles. The molecule has 1 fully saturated rings. The molecule has 0 amide bonds. The van der Waals surface area contributed by atoms with Crippen molar-refractivity contribution in [3.8, 4) is 0 Å². The van der Waals surface area contributed by atoms with Crippen molar-refractivity contribution in [3.05, 3.63) is 29.3 Å². The van der Waals surface area contributed by atoms with Crippen LogP contribution in [0, 0.1) is 11.6 Å². The van der Waals surface area contributed by atoms with E-state index in [1.54, 1.807) is 4.90 Å². The van der Waals surface area contributed by atoms with Crippen LogP contribution in [0.1, 0.15) is 38.7 Å². The van der Waals surface area contributed by atoms with Crippen molar-refractivity contribution in [3.63, 3.8) is 0 Å². The van der Waals surface area contributed by atoms with E-state index < -0.39 is 11.6 Å². The van der Waals surface area contributed by atoms with Crippen LogP contribution in [-0.4, -0.2) is 30.3 Å². The number of nitrogens with one attached hydrogen (secondary N) is 1. The Labute approximate surface area is 125 Å². The van der Waals surface area contributed by atoms with Crippen molar-refractivity contribution in [2.45, 2.75) is 51.7 Å². The minimum Gasteiger partial charge on any atom is -0.394 e. The Morgan fingerprint density at radius 3 is 2.52 bits per heavy atom. The van der Waals surface area contributed by atoms with E-state index in [1.807, 2.05) is 13.8 Å². The average molecular weight is 298 g/mol. The van der Waals surface area contributed by atoms with Crippen LogP contribution < -0.4 is 10.2 Å². The lowest BCUT2D eigenvalue weighted by Crippen LogP contribution is -2.43. The zero-order valence-electron chi connectivity index (χ0n) is 12.7. The zero-order chi connectivity index (χ0) is 15.4. The largest absolute Gasteiger partial charge is 0.394 e. The van der Waals surface area contributed by atoms with E-state index in [0.717, 1.165) is 19.3 Å². The molecule has 0 aliphatic carbocycles. The summed E-state index contributed by atoms with van der Waals surface area (Å²) in [4.78, 5) is 1.67. The van der Waals surface area contributed by atoms with Crippen molar-refractivity contribution in [1.82, 2.24) is 5.32 Å². The number of benzene rings is 1. The van der Waals surface area contributed by atoms with Crippen molar-refractivity contribution in [2.24, 2.45) is 0 Å². The molecule has 0 spiro atoms. The molecule has 118 valence electrons. The molecule has 1 aromatic carbocycles. The monoisotopic (exact) mass is 298 g/mol. The average Bonchev–Trinajstić information content (AvgIpc) is 2.45. The van der Waals surface area contributed by atoms with Gasteiger partial charge in [-0.2, -0.15) is 0 Å². The summed E-state index contributed by atoms with van der Waals surface area (Å²) < 4.78 is 28.7. The summed E-state index contributed by atoms with van der Waals surface area (Å²) in [5, 5.41) is 12.6. The first kappa shape index (κ1) is 16.2. The van der Waals surface area contributed by atoms with Crippen molar-refractivity contribution in [1.29, 1.82) is 0 Å². The normalized spacial score (nSPS) is 19.3. The molecule has 21 heavy (non-hydrogen) atoms. The third-order valence-electron chi connectivity index (χ3n) is 3.92. The highest BCUT2D eigenvalue weighted by Crippen LogP contribution is 2.30. The third-order valence-corrected chi connectivity index (χ3v) is 3.92. The number of aliphatic hydroxyl groups is 1. The van der Waals surface area contributed by atoms with Crippen LogP contribution in [0.25, 0.3) is 0 Å². The van der Waals surface area contributed by atoms with Crippen LogP contribution in [-0.2, 0) is 6.54 Å². The number of hydrogen-bond acceptors (Lipinski definition) is 3. The van der Waals surface area contributed by atoms with Gasteiger partial charge in [-0.05, 0) is 37.0 Å². The predicted octanol–water partition coefficient (Wildman–Crippen LogP) is 2.81. The van der Waals surface area contributed by atoms with E-state index in [9.17, 15) is 13.9 Å². The Hall–Kier alpha value is -1.20. The molecule has 0 aromatic heterocycles. The lowest BCUT2D eigenvalue weighted by molar-refractivity contribution is 0.238. The van der Waals surface area contributed by atoms with Gasteiger partial charge in [-0.3, -0.25) is 0 Å². The van der Waals surface area contributed by atoms with Gasteiger partial charge < -0.3 is 15.3 Å². The molecule has 0 bridgehead atoms. The van der Waals surface area contributed by atoms with Gasteiger partial charge >= 0.3 is 0 Å². The van der Waals surface area contributed by atoms with Crippen molar-refractivity contribution < 1.29 is 13.9 Å². The quantitative estimate of drug-likeness (QED) is 0.877. The van der Waals surface area contributed by atoms with Crippen LogP contribution >= 0.6 is 0 Å². The Morgan fingerprint density at radius 2 is 1.95 bits per heavy atom. The molecule has 2 N–H and O–H groups in total. The summed E-state index contributed by atoms with van der Waals surface area (Å²) >= 11 is 0. The first-order valence-corrected chi connectivity index (χ1v) is 7.61. The Morgan fingerprint density at radius 1 is 1.29 bits per heavy atom. The topological polar surface area (TPSA) is 35.5 Å². The van der Waals surface area contributed by atoms with E-state index in [0.29, 0.717) is 18.7 Å². The van der Waals surface area contributed by atoms with Crippen molar-refractivity contribution in [2.75, 3.05) is 18.1 Å². The second kappa shape index (κ2) is 7.18. The number of rotatable bonds is 5. The van der Waals surface area contributed by atoms with Gasteiger partial charge in [-0.15, -0.1) is 0 Å². The number of anilines is 1. The Kier molecular flexibility index (Phi) is 5.53. The van der Waals surface area contributed by atoms with E-state index in [2.05, 4.69) is 5.32 Å². The maximum Gasteiger partial charge on any atom is 0.149 e. The molecule has 5 heteroatoms. The van der Waals surface area contributed by atoms with Crippen molar-refractivity contribution >= 4 is 5.69 Å². The van der Waals surface area contributed by atoms with Crippen LogP contribution in [0.2, 0.25) is 0 Å². The molecule has 0 radical (unpaired) electrons. The van der Waals surface area contributed by atoms with Gasteiger partial charge in [-0.1, -0.05) is 13.8 Å². The lowest BCUT2D eigenvalue weighted by atomic mass is 10.0. The zero-order valence-corrected chi connectivity index (χ0v) is 12.7. The van der Waals surface area contributed by atoms with Crippen LogP contribution in [0.4, 0.5) is 14.5 Å². The Bertz CT molecular complexity index is 456. The molecule has 1 aromatic rings. The second-order valence-electron chi connectivity index (χ2n) is 5.97. The molecule has 3 nitrogen and oxygen atoms in total. The van der Waals surface area contributed by atoms with Gasteiger partial charge in [0.05, 0.1) is 12.6 Å². The summed E-state index contributed by atoms with van der Waals surface area (Å²) in [6.07, 6.45) is 2.65. The molecule has 1 saturated heterocycles. The Balaban J connectivity index is 2.23. The van der Waals surface area contributed by atoms with Crippen LogP contribution in [0.15, 0.2) is 12.1 Å². The first-order chi connectivity index (χ1) is 10.0. The summed E-state index contributed by atoms with van der Waals surface area (Å²) in [5.41, 5.74) is 0.599. The highest BCUT2D eigenvalue weighted by Gasteiger charge is 2.27. The SMILES string of the molecule is CC(C)NCc1cc(F)c(N2CCCCC2CO)c(F)c1. The fraction of sp³-hybridized carbons (Fsp3) is 0.625. The first-order valence-electron chi connectivity index (χ1n) is 7.61. The van der Waals surface area contributed by atoms with Gasteiger partial charge in [-0.25, -0.2) is 8.78 Å². The molecule has 2 rings (SSSR count). The van der Waals surface area contributed by atoms with E-state index >= 15 is 0 Å². The third kappa shape index (κ3) is 3.92. The van der Waals surface area contributed by atoms with Gasteiger partial charge in [0.2, 0.25) is 0 Å². The molecule has 1 aliphatic rings. The number of aliphatic hydroxyl groups excluding tert-OH is 1. The van der Waals surface area contributed by atoms with E-state index in [4.69, 9.17) is 0 Å². The molecule has 1 unspecified atom stereocenters. The van der Waals surface area contributed by atoms with Gasteiger partial charge in [0, 0.05) is 19.1 Å². The van der Waals surface area contributed by atoms with Crippen LogP contribution in [0.5, 0.6) is 0 Å². The highest BCUT2D eigenvalue weighted by molar-refractivity contribution is 5.52. The summed E-state index contributed by atoms with van der Waals surface area (Å²) in [5.74, 6) is -1.09. The minimum absolute atomic E-state index is 0.00190. The molecule has 1 heterocycles. The predicted molar refractivity (Wildman–Crippen MR) is 80.4 cm³/mol. The lowest BCUT2D eigenvalue weighted by Gasteiger charge is -2.36. The fourth-order valence-corrected chi connectivity index (χ4v) is 2.80. The summed E-state index contributed by atoms with van der Waals surface area (Å²) in [6, 6.07) is 2.84. The maximum absolute atomic E-state index is 14.3. The van der Waals surface area contributed by atoms with Gasteiger partial charge in [0.15, 0.2) is 0 Å². The molecule has 0 saturated carbocycles. The minimum atomic E-state index is -0.545. The van der Waals surface area contributed by atoms with Gasteiger partial charge in [0.25, 0.3) is 0 Å². The smallest absolute Gasteiger partial charge is 0.149 e. The molecular weight excluding hydrogens is 274 g/mol. The molecule has 1 atom stereocenters. The second-order valence-corrected chi connectivity index (χ2v) is 5.97. The number of piperidine rings is 1. The summed E-state index contributed by atoms with van der Waals surface area (Å²) in [6.45, 7) is 4.93. The maximum atomic E-state index is 14.3. The molecular formula is C16H24F2N2O. The number of halogens is 2. The standard InChI is InChI=1S/C16H24F2N2O/c1-11(2)19-9-12-7-14(17)16(15(18)8-12)20-6-4-3-5-13(20)10-21/h7-8,11,13,19,21H,3-6,9-10H2,1-2H3.